The Balaban J connectivity index is 1.37. The van der Waals surface area contributed by atoms with Crippen molar-refractivity contribution in [3.05, 3.63) is 83.4 Å². The lowest BCUT2D eigenvalue weighted by molar-refractivity contribution is 0.122. The number of hydrogen-bond donors (Lipinski definition) is 0. The molecule has 0 atom stereocenters. The van der Waals surface area contributed by atoms with Crippen LogP contribution in [0.25, 0.3) is 0 Å². The van der Waals surface area contributed by atoms with Gasteiger partial charge in [-0.2, -0.15) is 0 Å². The van der Waals surface area contributed by atoms with E-state index in [4.69, 9.17) is 21.1 Å². The highest BCUT2D eigenvalue weighted by molar-refractivity contribution is 6.30. The molecule has 0 amide bonds. The van der Waals surface area contributed by atoms with Gasteiger partial charge in [0.25, 0.3) is 0 Å². The molecule has 1 aliphatic heterocycles. The van der Waals surface area contributed by atoms with Crippen LogP contribution in [-0.2, 0) is 4.74 Å². The third kappa shape index (κ3) is 4.91. The standard InChI is InChI=1S/C23H21ClN2O2/c24-19-2-1-3-23(16-19)28-22-10-6-20(7-11-22)25-17-18-4-8-21(9-5-18)26-12-14-27-15-13-26/h1-11,16-17H,12-15H2. The van der Waals surface area contributed by atoms with E-state index < -0.39 is 0 Å². The molecule has 0 saturated carbocycles. The average molecular weight is 393 g/mol. The van der Waals surface area contributed by atoms with Gasteiger partial charge < -0.3 is 14.4 Å². The second-order valence-electron chi connectivity index (χ2n) is 6.50. The van der Waals surface area contributed by atoms with Gasteiger partial charge in [-0.1, -0.05) is 29.8 Å². The highest BCUT2D eigenvalue weighted by Gasteiger charge is 2.10. The van der Waals surface area contributed by atoms with Gasteiger partial charge in [-0.15, -0.1) is 0 Å². The number of anilines is 1. The van der Waals surface area contributed by atoms with Crippen LogP contribution in [0.1, 0.15) is 5.56 Å². The summed E-state index contributed by atoms with van der Waals surface area (Å²) in [6.07, 6.45) is 1.87. The Hall–Kier alpha value is -2.82. The highest BCUT2D eigenvalue weighted by atomic mass is 35.5. The van der Waals surface area contributed by atoms with E-state index in [1.807, 2.05) is 48.7 Å². The minimum Gasteiger partial charge on any atom is -0.457 e. The largest absolute Gasteiger partial charge is 0.457 e. The molecule has 3 aromatic rings. The first kappa shape index (κ1) is 18.5. The number of morpholine rings is 1. The van der Waals surface area contributed by atoms with E-state index in [1.165, 1.54) is 5.69 Å². The molecule has 28 heavy (non-hydrogen) atoms. The summed E-state index contributed by atoms with van der Waals surface area (Å²) in [6.45, 7) is 3.47. The highest BCUT2D eigenvalue weighted by Crippen LogP contribution is 2.26. The number of nitrogens with zero attached hydrogens (tertiary/aromatic N) is 2. The fraction of sp³-hybridized carbons (Fsp3) is 0.174. The second-order valence-corrected chi connectivity index (χ2v) is 6.94. The van der Waals surface area contributed by atoms with Crippen LogP contribution in [0.2, 0.25) is 5.02 Å². The summed E-state index contributed by atoms with van der Waals surface area (Å²) in [5, 5.41) is 0.651. The first-order valence-electron chi connectivity index (χ1n) is 9.27. The summed E-state index contributed by atoms with van der Waals surface area (Å²) < 4.78 is 11.2. The van der Waals surface area contributed by atoms with Crippen molar-refractivity contribution < 1.29 is 9.47 Å². The van der Waals surface area contributed by atoms with Crippen LogP contribution in [0.4, 0.5) is 11.4 Å². The van der Waals surface area contributed by atoms with Crippen LogP contribution in [0.5, 0.6) is 11.5 Å². The van der Waals surface area contributed by atoms with Crippen molar-refractivity contribution in [1.82, 2.24) is 0 Å². The Morgan fingerprint density at radius 3 is 2.36 bits per heavy atom. The number of ether oxygens (including phenoxy) is 2. The average Bonchev–Trinajstić information content (AvgIpc) is 2.74. The minimum absolute atomic E-state index is 0.651. The third-order valence-corrected chi connectivity index (χ3v) is 4.74. The zero-order valence-electron chi connectivity index (χ0n) is 15.4. The SMILES string of the molecule is Clc1cccc(Oc2ccc(N=Cc3ccc(N4CCOCC4)cc3)cc2)c1. The van der Waals surface area contributed by atoms with E-state index in [-0.39, 0.29) is 0 Å². The minimum atomic E-state index is 0.651. The quantitative estimate of drug-likeness (QED) is 0.521. The van der Waals surface area contributed by atoms with Crippen molar-refractivity contribution in [1.29, 1.82) is 0 Å². The topological polar surface area (TPSA) is 34.1 Å². The van der Waals surface area contributed by atoms with E-state index in [9.17, 15) is 0 Å². The van der Waals surface area contributed by atoms with E-state index in [1.54, 1.807) is 6.07 Å². The zero-order valence-corrected chi connectivity index (χ0v) is 16.2. The summed E-state index contributed by atoms with van der Waals surface area (Å²) >= 11 is 5.98. The maximum Gasteiger partial charge on any atom is 0.128 e. The number of rotatable bonds is 5. The van der Waals surface area contributed by atoms with E-state index >= 15 is 0 Å². The molecular weight excluding hydrogens is 372 g/mol. The predicted molar refractivity (Wildman–Crippen MR) is 115 cm³/mol. The molecule has 0 radical (unpaired) electrons. The molecule has 0 aromatic heterocycles. The molecule has 4 nitrogen and oxygen atoms in total. The summed E-state index contributed by atoms with van der Waals surface area (Å²) in [5.41, 5.74) is 3.16. The van der Waals surface area contributed by atoms with E-state index in [0.717, 1.165) is 43.3 Å². The summed E-state index contributed by atoms with van der Waals surface area (Å²) in [5.74, 6) is 1.46. The number of benzene rings is 3. The normalized spacial score (nSPS) is 14.4. The van der Waals surface area contributed by atoms with Crippen molar-refractivity contribution in [3.8, 4) is 11.5 Å². The van der Waals surface area contributed by atoms with Gasteiger partial charge in [0.2, 0.25) is 0 Å². The van der Waals surface area contributed by atoms with Crippen LogP contribution < -0.4 is 9.64 Å². The van der Waals surface area contributed by atoms with Crippen molar-refractivity contribution in [2.75, 3.05) is 31.2 Å². The van der Waals surface area contributed by atoms with Crippen LogP contribution in [0.15, 0.2) is 77.8 Å². The first-order chi connectivity index (χ1) is 13.8. The third-order valence-electron chi connectivity index (χ3n) is 4.50. The summed E-state index contributed by atoms with van der Waals surface area (Å²) in [7, 11) is 0. The zero-order chi connectivity index (χ0) is 19.2. The molecule has 0 N–H and O–H groups in total. The number of halogens is 1. The Morgan fingerprint density at radius 1 is 0.893 bits per heavy atom. The molecule has 0 bridgehead atoms. The predicted octanol–water partition coefficient (Wildman–Crippen LogP) is 5.72. The smallest absolute Gasteiger partial charge is 0.128 e. The summed E-state index contributed by atoms with van der Waals surface area (Å²) in [4.78, 5) is 6.88. The molecule has 3 aromatic carbocycles. The molecule has 0 unspecified atom stereocenters. The van der Waals surface area contributed by atoms with Gasteiger partial charge in [0.15, 0.2) is 0 Å². The van der Waals surface area contributed by atoms with Gasteiger partial charge >= 0.3 is 0 Å². The van der Waals surface area contributed by atoms with Crippen molar-refractivity contribution in [2.24, 2.45) is 4.99 Å². The lowest BCUT2D eigenvalue weighted by Crippen LogP contribution is -2.36. The molecular formula is C23H21ClN2O2. The van der Waals surface area contributed by atoms with Crippen LogP contribution >= 0.6 is 11.6 Å². The van der Waals surface area contributed by atoms with Gasteiger partial charge in [-0.3, -0.25) is 4.99 Å². The maximum absolute atomic E-state index is 5.98. The molecule has 1 aliphatic rings. The van der Waals surface area contributed by atoms with Gasteiger partial charge in [-0.05, 0) is 60.2 Å². The lowest BCUT2D eigenvalue weighted by Gasteiger charge is -2.28. The van der Waals surface area contributed by atoms with Gasteiger partial charge in [0, 0.05) is 30.0 Å². The van der Waals surface area contributed by atoms with Crippen molar-refractivity contribution >= 4 is 29.2 Å². The number of hydrogen-bond acceptors (Lipinski definition) is 4. The van der Waals surface area contributed by atoms with E-state index in [0.29, 0.717) is 10.8 Å². The fourth-order valence-corrected chi connectivity index (χ4v) is 3.19. The molecule has 1 saturated heterocycles. The first-order valence-corrected chi connectivity index (χ1v) is 9.64. The van der Waals surface area contributed by atoms with Crippen LogP contribution in [0.3, 0.4) is 0 Å². The van der Waals surface area contributed by atoms with Crippen molar-refractivity contribution in [2.45, 2.75) is 0 Å². The van der Waals surface area contributed by atoms with Gasteiger partial charge in [0.1, 0.15) is 11.5 Å². The lowest BCUT2D eigenvalue weighted by atomic mass is 10.2. The molecule has 4 rings (SSSR count). The molecule has 1 fully saturated rings. The van der Waals surface area contributed by atoms with Gasteiger partial charge in [-0.25, -0.2) is 0 Å². The Bertz CT molecular complexity index is 934. The van der Waals surface area contributed by atoms with Crippen LogP contribution in [-0.4, -0.2) is 32.5 Å². The van der Waals surface area contributed by atoms with Crippen LogP contribution in [0, 0.1) is 0 Å². The monoisotopic (exact) mass is 392 g/mol. The number of aliphatic imine (C=N–C) groups is 1. The van der Waals surface area contributed by atoms with Crippen molar-refractivity contribution in [3.63, 3.8) is 0 Å². The fourth-order valence-electron chi connectivity index (χ4n) is 3.01. The maximum atomic E-state index is 5.98. The Morgan fingerprint density at radius 2 is 1.64 bits per heavy atom. The van der Waals surface area contributed by atoms with E-state index in [2.05, 4.69) is 34.2 Å². The van der Waals surface area contributed by atoms with Gasteiger partial charge in [0.05, 0.1) is 18.9 Å². The Kier molecular flexibility index (Phi) is 5.90. The molecule has 0 spiro atoms. The molecule has 0 aliphatic carbocycles. The molecule has 1 heterocycles. The molecule has 5 heteroatoms. The summed E-state index contributed by atoms with van der Waals surface area (Å²) in [6, 6.07) is 23.4. The molecule has 142 valence electrons. The second kappa shape index (κ2) is 8.91. The Labute approximate surface area is 170 Å².